The van der Waals surface area contributed by atoms with Crippen LogP contribution in [0.4, 0.5) is 0 Å². The van der Waals surface area contributed by atoms with E-state index >= 15 is 0 Å². The van der Waals surface area contributed by atoms with E-state index in [2.05, 4.69) is 46.9 Å². The molecule has 0 rings (SSSR count). The van der Waals surface area contributed by atoms with Gasteiger partial charge < -0.3 is 5.32 Å². The molecule has 1 atom stereocenters. The van der Waals surface area contributed by atoms with Crippen molar-refractivity contribution >= 4 is 0 Å². The molecule has 0 heterocycles. The maximum absolute atomic E-state index is 3.56. The van der Waals surface area contributed by atoms with Gasteiger partial charge in [0.2, 0.25) is 0 Å². The fraction of sp³-hybridized carbons (Fsp3) is 1.00. The normalized spacial score (nSPS) is 16.3. The first-order valence-corrected chi connectivity index (χ1v) is 6.13. The monoisotopic (exact) mass is 199 g/mol. The van der Waals surface area contributed by atoms with Crippen molar-refractivity contribution in [2.75, 3.05) is 13.1 Å². The second-order valence-electron chi connectivity index (χ2n) is 5.58. The predicted molar refractivity (Wildman–Crippen MR) is 65.6 cm³/mol. The third-order valence-electron chi connectivity index (χ3n) is 3.22. The number of hydrogen-bond acceptors (Lipinski definition) is 1. The van der Waals surface area contributed by atoms with Crippen LogP contribution in [0, 0.1) is 17.3 Å². The average Bonchev–Trinajstić information content (AvgIpc) is 2.03. The van der Waals surface area contributed by atoms with Crippen molar-refractivity contribution in [1.82, 2.24) is 5.32 Å². The second kappa shape index (κ2) is 6.44. The van der Waals surface area contributed by atoms with Gasteiger partial charge in [-0.05, 0) is 36.6 Å². The van der Waals surface area contributed by atoms with Crippen LogP contribution in [-0.4, -0.2) is 13.1 Å². The predicted octanol–water partition coefficient (Wildman–Crippen LogP) is 3.69. The van der Waals surface area contributed by atoms with Crippen molar-refractivity contribution in [1.29, 1.82) is 0 Å². The van der Waals surface area contributed by atoms with Crippen molar-refractivity contribution in [3.05, 3.63) is 0 Å². The van der Waals surface area contributed by atoms with Crippen molar-refractivity contribution in [3.8, 4) is 0 Å². The molecule has 0 aromatic heterocycles. The Morgan fingerprint density at radius 1 is 1.14 bits per heavy atom. The van der Waals surface area contributed by atoms with Crippen LogP contribution in [-0.2, 0) is 0 Å². The van der Waals surface area contributed by atoms with Gasteiger partial charge >= 0.3 is 0 Å². The first kappa shape index (κ1) is 14.0. The van der Waals surface area contributed by atoms with Gasteiger partial charge in [-0.3, -0.25) is 0 Å². The topological polar surface area (TPSA) is 12.0 Å². The van der Waals surface area contributed by atoms with Gasteiger partial charge in [-0.15, -0.1) is 0 Å². The van der Waals surface area contributed by atoms with E-state index in [1.807, 2.05) is 0 Å². The Kier molecular flexibility index (Phi) is 6.43. The molecule has 14 heavy (non-hydrogen) atoms. The molecule has 0 amide bonds. The highest BCUT2D eigenvalue weighted by molar-refractivity contribution is 4.81. The number of rotatable bonds is 7. The maximum Gasteiger partial charge on any atom is 0.000771 e. The number of hydrogen-bond donors (Lipinski definition) is 1. The minimum absolute atomic E-state index is 0.462. The molecule has 86 valence electrons. The van der Waals surface area contributed by atoms with E-state index in [9.17, 15) is 0 Å². The molecular formula is C13H29N. The van der Waals surface area contributed by atoms with Crippen LogP contribution in [0.1, 0.15) is 54.4 Å². The van der Waals surface area contributed by atoms with Crippen molar-refractivity contribution < 1.29 is 0 Å². The summed E-state index contributed by atoms with van der Waals surface area (Å²) in [5.41, 5.74) is 0.462. The Bertz CT molecular complexity index is 140. The second-order valence-corrected chi connectivity index (χ2v) is 5.58. The van der Waals surface area contributed by atoms with E-state index in [0.29, 0.717) is 5.41 Å². The first-order chi connectivity index (χ1) is 6.42. The molecule has 0 radical (unpaired) electrons. The summed E-state index contributed by atoms with van der Waals surface area (Å²) in [6.07, 6.45) is 2.55. The Balaban J connectivity index is 4.10. The molecule has 0 fully saturated rings. The van der Waals surface area contributed by atoms with E-state index in [0.717, 1.165) is 24.9 Å². The zero-order valence-electron chi connectivity index (χ0n) is 11.0. The lowest BCUT2D eigenvalue weighted by atomic mass is 9.73. The van der Waals surface area contributed by atoms with Crippen molar-refractivity contribution in [2.45, 2.75) is 54.4 Å². The molecule has 0 bridgehead atoms. The summed E-state index contributed by atoms with van der Waals surface area (Å²) in [6, 6.07) is 0. The molecule has 0 aliphatic heterocycles. The molecule has 0 aliphatic carbocycles. The molecule has 0 aromatic carbocycles. The number of nitrogens with one attached hydrogen (secondary N) is 1. The Labute approximate surface area is 90.7 Å². The quantitative estimate of drug-likeness (QED) is 0.617. The van der Waals surface area contributed by atoms with Gasteiger partial charge in [0.25, 0.3) is 0 Å². The van der Waals surface area contributed by atoms with Gasteiger partial charge in [-0.1, -0.05) is 41.5 Å². The molecule has 0 aliphatic rings. The summed E-state index contributed by atoms with van der Waals surface area (Å²) >= 11 is 0. The lowest BCUT2D eigenvalue weighted by Crippen LogP contribution is -2.37. The smallest absolute Gasteiger partial charge is 0.000771 e. The minimum Gasteiger partial charge on any atom is -0.316 e. The van der Waals surface area contributed by atoms with E-state index in [-0.39, 0.29) is 0 Å². The average molecular weight is 199 g/mol. The molecule has 1 heteroatoms. The molecule has 0 saturated carbocycles. The van der Waals surface area contributed by atoms with Gasteiger partial charge in [0.1, 0.15) is 0 Å². The first-order valence-electron chi connectivity index (χ1n) is 6.13. The summed E-state index contributed by atoms with van der Waals surface area (Å²) in [5, 5.41) is 3.56. The molecule has 1 N–H and O–H groups in total. The van der Waals surface area contributed by atoms with Crippen LogP contribution in [0.15, 0.2) is 0 Å². The van der Waals surface area contributed by atoms with Crippen LogP contribution < -0.4 is 5.32 Å². The van der Waals surface area contributed by atoms with E-state index < -0.39 is 0 Å². The van der Waals surface area contributed by atoms with Gasteiger partial charge in [0, 0.05) is 6.54 Å². The Morgan fingerprint density at radius 2 is 1.71 bits per heavy atom. The highest BCUT2D eigenvalue weighted by Gasteiger charge is 2.28. The van der Waals surface area contributed by atoms with Crippen LogP contribution in [0.5, 0.6) is 0 Å². The van der Waals surface area contributed by atoms with Crippen LogP contribution >= 0.6 is 0 Å². The fourth-order valence-electron chi connectivity index (χ4n) is 2.00. The van der Waals surface area contributed by atoms with Gasteiger partial charge in [-0.2, -0.15) is 0 Å². The lowest BCUT2D eigenvalue weighted by molar-refractivity contribution is 0.167. The standard InChI is InChI=1S/C13H29N/c1-7-8-14-10-13(6,12(4)5)9-11(2)3/h11-12,14H,7-10H2,1-6H3. The summed E-state index contributed by atoms with van der Waals surface area (Å²) in [7, 11) is 0. The van der Waals surface area contributed by atoms with Crippen molar-refractivity contribution in [3.63, 3.8) is 0 Å². The molecular weight excluding hydrogens is 170 g/mol. The van der Waals surface area contributed by atoms with Crippen molar-refractivity contribution in [2.24, 2.45) is 17.3 Å². The Morgan fingerprint density at radius 3 is 2.07 bits per heavy atom. The van der Waals surface area contributed by atoms with Gasteiger partial charge in [-0.25, -0.2) is 0 Å². The molecule has 1 unspecified atom stereocenters. The SMILES string of the molecule is CCCNCC(C)(CC(C)C)C(C)C. The van der Waals surface area contributed by atoms with E-state index in [1.54, 1.807) is 0 Å². The van der Waals surface area contributed by atoms with E-state index in [4.69, 9.17) is 0 Å². The largest absolute Gasteiger partial charge is 0.316 e. The van der Waals surface area contributed by atoms with Gasteiger partial charge in [0.05, 0.1) is 0 Å². The van der Waals surface area contributed by atoms with Gasteiger partial charge in [0.15, 0.2) is 0 Å². The zero-order valence-corrected chi connectivity index (χ0v) is 11.0. The Hall–Kier alpha value is -0.0400. The summed E-state index contributed by atoms with van der Waals surface area (Å²) < 4.78 is 0. The summed E-state index contributed by atoms with van der Waals surface area (Å²) in [4.78, 5) is 0. The lowest BCUT2D eigenvalue weighted by Gasteiger charge is -2.36. The van der Waals surface area contributed by atoms with Crippen LogP contribution in [0.2, 0.25) is 0 Å². The minimum atomic E-state index is 0.462. The molecule has 0 saturated heterocycles. The maximum atomic E-state index is 3.56. The zero-order chi connectivity index (χ0) is 11.2. The van der Waals surface area contributed by atoms with Crippen LogP contribution in [0.25, 0.3) is 0 Å². The summed E-state index contributed by atoms with van der Waals surface area (Å²) in [5.74, 6) is 1.56. The third-order valence-corrected chi connectivity index (χ3v) is 3.22. The van der Waals surface area contributed by atoms with Crippen LogP contribution in [0.3, 0.4) is 0 Å². The fourth-order valence-corrected chi connectivity index (χ4v) is 2.00. The summed E-state index contributed by atoms with van der Waals surface area (Å²) in [6.45, 7) is 16.3. The molecule has 0 aromatic rings. The third kappa shape index (κ3) is 4.99. The highest BCUT2D eigenvalue weighted by atomic mass is 14.9. The molecule has 0 spiro atoms. The molecule has 1 nitrogen and oxygen atoms in total. The highest BCUT2D eigenvalue weighted by Crippen LogP contribution is 2.33. The van der Waals surface area contributed by atoms with E-state index in [1.165, 1.54) is 12.8 Å².